The molecule has 0 bridgehead atoms. The van der Waals surface area contributed by atoms with Gasteiger partial charge in [-0.25, -0.2) is 0 Å². The molecule has 20 heavy (non-hydrogen) atoms. The van der Waals surface area contributed by atoms with Crippen molar-refractivity contribution in [2.75, 3.05) is 13.1 Å². The summed E-state index contributed by atoms with van der Waals surface area (Å²) in [5, 5.41) is 0. The molecule has 1 saturated heterocycles. The Hall–Kier alpha value is -2.10. The van der Waals surface area contributed by atoms with Crippen molar-refractivity contribution >= 4 is 5.91 Å². The average molecular weight is 267 g/mol. The van der Waals surface area contributed by atoms with E-state index < -0.39 is 0 Å². The van der Waals surface area contributed by atoms with Crippen molar-refractivity contribution in [1.29, 1.82) is 0 Å². The lowest BCUT2D eigenvalue weighted by molar-refractivity contribution is 0.0591. The standard InChI is InChI=1S/C16H17N3O/c20-16(15-2-1-9-19(15)14-3-4-14)18-10-13(11-18)12-5-7-17-8-6-12/h1-2,5-9,13-14H,3-4,10-11H2. The molecular weight excluding hydrogens is 250 g/mol. The molecule has 4 heteroatoms. The molecular formula is C16H17N3O. The largest absolute Gasteiger partial charge is 0.340 e. The first-order valence-corrected chi connectivity index (χ1v) is 7.19. The Labute approximate surface area is 118 Å². The van der Waals surface area contributed by atoms with Gasteiger partial charge < -0.3 is 9.47 Å². The fourth-order valence-electron chi connectivity index (χ4n) is 2.90. The lowest BCUT2D eigenvalue weighted by atomic mass is 9.92. The maximum absolute atomic E-state index is 12.5. The molecule has 1 saturated carbocycles. The monoisotopic (exact) mass is 267 g/mol. The highest BCUT2D eigenvalue weighted by Gasteiger charge is 2.35. The van der Waals surface area contributed by atoms with E-state index in [1.807, 2.05) is 47.8 Å². The maximum Gasteiger partial charge on any atom is 0.270 e. The van der Waals surface area contributed by atoms with Crippen LogP contribution in [-0.4, -0.2) is 33.4 Å². The first kappa shape index (κ1) is 11.7. The van der Waals surface area contributed by atoms with Gasteiger partial charge in [-0.05, 0) is 42.7 Å². The summed E-state index contributed by atoms with van der Waals surface area (Å²) in [5.74, 6) is 0.637. The van der Waals surface area contributed by atoms with Gasteiger partial charge >= 0.3 is 0 Å². The molecule has 0 aromatic carbocycles. The highest BCUT2D eigenvalue weighted by atomic mass is 16.2. The van der Waals surface area contributed by atoms with Gasteiger partial charge in [0.2, 0.25) is 0 Å². The summed E-state index contributed by atoms with van der Waals surface area (Å²) < 4.78 is 2.14. The summed E-state index contributed by atoms with van der Waals surface area (Å²) >= 11 is 0. The molecule has 1 amide bonds. The van der Waals surface area contributed by atoms with Crippen molar-refractivity contribution < 1.29 is 4.79 Å². The molecule has 2 aromatic rings. The van der Waals surface area contributed by atoms with Gasteiger partial charge in [-0.1, -0.05) is 0 Å². The summed E-state index contributed by atoms with van der Waals surface area (Å²) in [7, 11) is 0. The summed E-state index contributed by atoms with van der Waals surface area (Å²) in [6, 6.07) is 8.56. The Morgan fingerprint density at radius 1 is 1.15 bits per heavy atom. The predicted octanol–water partition coefficient (Wildman–Crippen LogP) is 2.46. The number of carbonyl (C=O) groups is 1. The van der Waals surface area contributed by atoms with Crippen molar-refractivity contribution in [3.8, 4) is 0 Å². The number of aromatic nitrogens is 2. The van der Waals surface area contributed by atoms with Crippen molar-refractivity contribution in [2.45, 2.75) is 24.8 Å². The molecule has 3 heterocycles. The summed E-state index contributed by atoms with van der Waals surface area (Å²) in [5.41, 5.74) is 2.13. The molecule has 4 nitrogen and oxygen atoms in total. The van der Waals surface area contributed by atoms with Crippen LogP contribution in [0.4, 0.5) is 0 Å². The first-order valence-electron chi connectivity index (χ1n) is 7.19. The second kappa shape index (κ2) is 4.47. The Kier molecular flexibility index (Phi) is 2.62. The van der Waals surface area contributed by atoms with Gasteiger partial charge in [0.05, 0.1) is 0 Å². The van der Waals surface area contributed by atoms with Crippen LogP contribution in [0.5, 0.6) is 0 Å². The van der Waals surface area contributed by atoms with Gasteiger partial charge in [0, 0.05) is 43.6 Å². The van der Waals surface area contributed by atoms with Gasteiger partial charge in [-0.2, -0.15) is 0 Å². The van der Waals surface area contributed by atoms with Crippen LogP contribution in [0.2, 0.25) is 0 Å². The van der Waals surface area contributed by atoms with Crippen LogP contribution in [0.3, 0.4) is 0 Å². The Bertz CT molecular complexity index is 624. The highest BCUT2D eigenvalue weighted by molar-refractivity contribution is 5.93. The fourth-order valence-corrected chi connectivity index (χ4v) is 2.90. The molecule has 2 fully saturated rings. The molecule has 0 radical (unpaired) electrons. The zero-order valence-electron chi connectivity index (χ0n) is 11.3. The van der Waals surface area contributed by atoms with Gasteiger partial charge in [0.1, 0.15) is 5.69 Å². The fraction of sp³-hybridized carbons (Fsp3) is 0.375. The smallest absolute Gasteiger partial charge is 0.270 e. The van der Waals surface area contributed by atoms with Crippen molar-refractivity contribution in [1.82, 2.24) is 14.5 Å². The van der Waals surface area contributed by atoms with E-state index in [-0.39, 0.29) is 5.91 Å². The number of pyridine rings is 1. The van der Waals surface area contributed by atoms with Crippen LogP contribution in [0.15, 0.2) is 42.9 Å². The van der Waals surface area contributed by atoms with E-state index >= 15 is 0 Å². The SMILES string of the molecule is O=C(c1cccn1C1CC1)N1CC(c2ccncc2)C1. The summed E-state index contributed by atoms with van der Waals surface area (Å²) in [6.45, 7) is 1.64. The molecule has 0 N–H and O–H groups in total. The third kappa shape index (κ3) is 1.92. The van der Waals surface area contributed by atoms with Crippen LogP contribution < -0.4 is 0 Å². The van der Waals surface area contributed by atoms with Crippen LogP contribution in [0, 0.1) is 0 Å². The summed E-state index contributed by atoms with van der Waals surface area (Å²) in [6.07, 6.45) is 8.07. The second-order valence-electron chi connectivity index (χ2n) is 5.72. The third-order valence-electron chi connectivity index (χ3n) is 4.28. The van der Waals surface area contributed by atoms with E-state index in [2.05, 4.69) is 9.55 Å². The molecule has 102 valence electrons. The minimum Gasteiger partial charge on any atom is -0.340 e. The normalized spacial score (nSPS) is 18.9. The van der Waals surface area contributed by atoms with Gasteiger partial charge in [-0.3, -0.25) is 9.78 Å². The quantitative estimate of drug-likeness (QED) is 0.856. The van der Waals surface area contributed by atoms with Crippen LogP contribution in [0.1, 0.15) is 40.9 Å². The van der Waals surface area contributed by atoms with Crippen LogP contribution in [0.25, 0.3) is 0 Å². The Balaban J connectivity index is 1.45. The zero-order valence-corrected chi connectivity index (χ0v) is 11.3. The number of hydrogen-bond donors (Lipinski definition) is 0. The van der Waals surface area contributed by atoms with E-state index in [1.54, 1.807) is 0 Å². The van der Waals surface area contributed by atoms with Gasteiger partial charge in [0.15, 0.2) is 0 Å². The van der Waals surface area contributed by atoms with Crippen molar-refractivity contribution in [3.05, 3.63) is 54.1 Å². The number of likely N-dealkylation sites (tertiary alicyclic amines) is 1. The van der Waals surface area contributed by atoms with Crippen LogP contribution >= 0.6 is 0 Å². The topological polar surface area (TPSA) is 38.1 Å². The number of rotatable bonds is 3. The predicted molar refractivity (Wildman–Crippen MR) is 75.6 cm³/mol. The molecule has 2 aliphatic rings. The van der Waals surface area contributed by atoms with E-state index in [4.69, 9.17) is 0 Å². The molecule has 1 aliphatic carbocycles. The molecule has 0 spiro atoms. The number of hydrogen-bond acceptors (Lipinski definition) is 2. The van der Waals surface area contributed by atoms with E-state index in [0.717, 1.165) is 18.8 Å². The lowest BCUT2D eigenvalue weighted by Gasteiger charge is -2.39. The number of nitrogens with zero attached hydrogens (tertiary/aromatic N) is 3. The first-order chi connectivity index (χ1) is 9.83. The molecule has 0 unspecified atom stereocenters. The maximum atomic E-state index is 12.5. The van der Waals surface area contributed by atoms with Crippen molar-refractivity contribution in [2.24, 2.45) is 0 Å². The minimum absolute atomic E-state index is 0.173. The number of carbonyl (C=O) groups excluding carboxylic acids is 1. The number of amides is 1. The van der Waals surface area contributed by atoms with E-state index in [9.17, 15) is 4.79 Å². The van der Waals surface area contributed by atoms with Crippen molar-refractivity contribution in [3.63, 3.8) is 0 Å². The zero-order chi connectivity index (χ0) is 13.5. The van der Waals surface area contributed by atoms with Crippen LogP contribution in [-0.2, 0) is 0 Å². The van der Waals surface area contributed by atoms with Gasteiger partial charge in [0.25, 0.3) is 5.91 Å². The second-order valence-corrected chi connectivity index (χ2v) is 5.72. The van der Waals surface area contributed by atoms with E-state index in [1.165, 1.54) is 18.4 Å². The van der Waals surface area contributed by atoms with Gasteiger partial charge in [-0.15, -0.1) is 0 Å². The minimum atomic E-state index is 0.173. The molecule has 4 rings (SSSR count). The van der Waals surface area contributed by atoms with E-state index in [0.29, 0.717) is 12.0 Å². The Morgan fingerprint density at radius 2 is 1.90 bits per heavy atom. The summed E-state index contributed by atoms with van der Waals surface area (Å²) in [4.78, 5) is 18.5. The average Bonchev–Trinajstić information content (AvgIpc) is 3.15. The molecule has 0 atom stereocenters. The third-order valence-corrected chi connectivity index (χ3v) is 4.28. The Morgan fingerprint density at radius 3 is 2.60 bits per heavy atom. The molecule has 1 aliphatic heterocycles. The highest BCUT2D eigenvalue weighted by Crippen LogP contribution is 2.37. The lowest BCUT2D eigenvalue weighted by Crippen LogP contribution is -2.48. The molecule has 2 aromatic heterocycles.